The summed E-state index contributed by atoms with van der Waals surface area (Å²) >= 11 is 0. The van der Waals surface area contributed by atoms with Crippen LogP contribution in [0, 0.1) is 17.8 Å². The molecule has 1 aliphatic heterocycles. The van der Waals surface area contributed by atoms with Gasteiger partial charge in [0, 0.05) is 24.9 Å². The molecule has 140 valence electrons. The minimum Gasteiger partial charge on any atom is -0.341 e. The first-order chi connectivity index (χ1) is 11.7. The zero-order valence-electron chi connectivity index (χ0n) is 15.4. The number of hydrogen-bond donors (Lipinski definition) is 1. The molecule has 0 spiro atoms. The van der Waals surface area contributed by atoms with Gasteiger partial charge in [0.05, 0.1) is 0 Å². The number of hydrogen-bond acceptors (Lipinski definition) is 2. The minimum atomic E-state index is 0. The molecule has 2 N–H and O–H groups in total. The number of likely N-dealkylation sites (tertiary alicyclic amines) is 1. The molecular weight excluding hydrogens is 332 g/mol. The maximum Gasteiger partial charge on any atom is 0.225 e. The molecular formula is C21H33ClN2O. The largest absolute Gasteiger partial charge is 0.341 e. The second-order valence-corrected chi connectivity index (χ2v) is 7.75. The summed E-state index contributed by atoms with van der Waals surface area (Å²) in [6.07, 6.45) is 7.41. The highest BCUT2D eigenvalue weighted by atomic mass is 35.5. The first-order valence-electron chi connectivity index (χ1n) is 9.76. The Hall–Kier alpha value is -1.06. The predicted octanol–water partition coefficient (Wildman–Crippen LogP) is 4.22. The van der Waals surface area contributed by atoms with Crippen molar-refractivity contribution < 1.29 is 4.79 Å². The molecule has 1 unspecified atom stereocenters. The molecule has 1 heterocycles. The van der Waals surface area contributed by atoms with Crippen LogP contribution in [0.5, 0.6) is 0 Å². The van der Waals surface area contributed by atoms with E-state index in [1.165, 1.54) is 31.2 Å². The molecule has 1 aliphatic carbocycles. The molecule has 4 heteroatoms. The van der Waals surface area contributed by atoms with Gasteiger partial charge in [0.2, 0.25) is 5.91 Å². The van der Waals surface area contributed by atoms with Gasteiger partial charge in [0.15, 0.2) is 0 Å². The standard InChI is InChI=1S/C21H32N2O.ClH/c1-2-17(12-16-8-6-7-9-16)21(24)23-14-19(13-22)20(15-23)18-10-4-3-5-11-18;/h3-5,10-11,16-17,19-20H,2,6-9,12-15,22H2,1H3;1H/t17?,19-,20+;/m1./s1. The van der Waals surface area contributed by atoms with Crippen LogP contribution in [-0.4, -0.2) is 30.4 Å². The van der Waals surface area contributed by atoms with Crippen molar-refractivity contribution in [1.82, 2.24) is 4.90 Å². The molecule has 3 atom stereocenters. The van der Waals surface area contributed by atoms with Gasteiger partial charge in [0.1, 0.15) is 0 Å². The normalized spacial score (nSPS) is 25.0. The SMILES string of the molecule is CCC(CC1CCCC1)C(=O)N1C[C@@H](CN)[C@H](c2ccccc2)C1.Cl. The van der Waals surface area contributed by atoms with Crippen LogP contribution in [0.2, 0.25) is 0 Å². The van der Waals surface area contributed by atoms with Gasteiger partial charge >= 0.3 is 0 Å². The molecule has 2 fully saturated rings. The van der Waals surface area contributed by atoms with Crippen LogP contribution in [0.4, 0.5) is 0 Å². The fraction of sp³-hybridized carbons (Fsp3) is 0.667. The zero-order chi connectivity index (χ0) is 16.9. The van der Waals surface area contributed by atoms with Gasteiger partial charge in [-0.3, -0.25) is 4.79 Å². The van der Waals surface area contributed by atoms with E-state index in [-0.39, 0.29) is 18.3 Å². The van der Waals surface area contributed by atoms with Crippen LogP contribution in [0.25, 0.3) is 0 Å². The molecule has 3 nitrogen and oxygen atoms in total. The van der Waals surface area contributed by atoms with Gasteiger partial charge in [-0.15, -0.1) is 12.4 Å². The summed E-state index contributed by atoms with van der Waals surface area (Å²) in [5, 5.41) is 0. The third-order valence-corrected chi connectivity index (χ3v) is 6.22. The van der Waals surface area contributed by atoms with Crippen molar-refractivity contribution in [3.63, 3.8) is 0 Å². The lowest BCUT2D eigenvalue weighted by molar-refractivity contribution is -0.135. The number of amides is 1. The van der Waals surface area contributed by atoms with Crippen LogP contribution in [-0.2, 0) is 4.79 Å². The molecule has 0 aromatic heterocycles. The topological polar surface area (TPSA) is 46.3 Å². The first-order valence-corrected chi connectivity index (χ1v) is 9.76. The first kappa shape index (κ1) is 20.3. The number of rotatable bonds is 6. The van der Waals surface area contributed by atoms with Crippen molar-refractivity contribution in [3.05, 3.63) is 35.9 Å². The highest BCUT2D eigenvalue weighted by molar-refractivity contribution is 5.85. The van der Waals surface area contributed by atoms with Gasteiger partial charge < -0.3 is 10.6 Å². The number of halogens is 1. The van der Waals surface area contributed by atoms with Gasteiger partial charge in [-0.2, -0.15) is 0 Å². The quantitative estimate of drug-likeness (QED) is 0.821. The molecule has 3 rings (SSSR count). The van der Waals surface area contributed by atoms with Crippen molar-refractivity contribution in [2.24, 2.45) is 23.5 Å². The summed E-state index contributed by atoms with van der Waals surface area (Å²) in [6.45, 7) is 4.49. The second-order valence-electron chi connectivity index (χ2n) is 7.75. The van der Waals surface area contributed by atoms with E-state index in [1.54, 1.807) is 0 Å². The molecule has 25 heavy (non-hydrogen) atoms. The van der Waals surface area contributed by atoms with E-state index in [4.69, 9.17) is 5.73 Å². The Morgan fingerprint density at radius 1 is 1.20 bits per heavy atom. The van der Waals surface area contributed by atoms with Crippen LogP contribution in [0.15, 0.2) is 30.3 Å². The Morgan fingerprint density at radius 2 is 1.88 bits per heavy atom. The second kappa shape index (κ2) is 9.59. The lowest BCUT2D eigenvalue weighted by Gasteiger charge is -2.25. The molecule has 1 saturated heterocycles. The number of benzene rings is 1. The summed E-state index contributed by atoms with van der Waals surface area (Å²) in [5.41, 5.74) is 7.35. The molecule has 1 amide bonds. The van der Waals surface area contributed by atoms with E-state index in [0.29, 0.717) is 24.3 Å². The number of nitrogens with two attached hydrogens (primary N) is 1. The zero-order valence-corrected chi connectivity index (χ0v) is 16.2. The van der Waals surface area contributed by atoms with Gasteiger partial charge in [-0.25, -0.2) is 0 Å². The predicted molar refractivity (Wildman–Crippen MR) is 106 cm³/mol. The Bertz CT molecular complexity index is 530. The highest BCUT2D eigenvalue weighted by Crippen LogP contribution is 2.36. The molecule has 1 aromatic rings. The third-order valence-electron chi connectivity index (χ3n) is 6.22. The van der Waals surface area contributed by atoms with Crippen molar-refractivity contribution in [2.45, 2.75) is 51.4 Å². The lowest BCUT2D eigenvalue weighted by atomic mass is 9.89. The maximum absolute atomic E-state index is 13.1. The van der Waals surface area contributed by atoms with Crippen molar-refractivity contribution in [2.75, 3.05) is 19.6 Å². The Kier molecular flexibility index (Phi) is 7.77. The van der Waals surface area contributed by atoms with Gasteiger partial charge in [-0.05, 0) is 36.8 Å². The van der Waals surface area contributed by atoms with Crippen molar-refractivity contribution >= 4 is 18.3 Å². The van der Waals surface area contributed by atoms with Crippen LogP contribution < -0.4 is 5.73 Å². The van der Waals surface area contributed by atoms with Crippen LogP contribution >= 0.6 is 12.4 Å². The Balaban J connectivity index is 0.00000225. The van der Waals surface area contributed by atoms with E-state index in [0.717, 1.165) is 31.8 Å². The molecule has 1 saturated carbocycles. The Labute approximate surface area is 158 Å². The smallest absolute Gasteiger partial charge is 0.225 e. The number of carbonyl (C=O) groups is 1. The van der Waals surface area contributed by atoms with E-state index < -0.39 is 0 Å². The average Bonchev–Trinajstić information content (AvgIpc) is 3.29. The fourth-order valence-corrected chi connectivity index (χ4v) is 4.72. The van der Waals surface area contributed by atoms with Gasteiger partial charge in [-0.1, -0.05) is 62.9 Å². The van der Waals surface area contributed by atoms with Crippen molar-refractivity contribution in [1.29, 1.82) is 0 Å². The summed E-state index contributed by atoms with van der Waals surface area (Å²) in [6, 6.07) is 10.6. The molecule has 2 aliphatic rings. The van der Waals surface area contributed by atoms with E-state index >= 15 is 0 Å². The fourth-order valence-electron chi connectivity index (χ4n) is 4.72. The summed E-state index contributed by atoms with van der Waals surface area (Å²) in [7, 11) is 0. The number of nitrogens with zero attached hydrogens (tertiary/aromatic N) is 1. The Morgan fingerprint density at radius 3 is 2.48 bits per heavy atom. The minimum absolute atomic E-state index is 0. The third kappa shape index (κ3) is 4.77. The summed E-state index contributed by atoms with van der Waals surface area (Å²) in [4.78, 5) is 15.2. The molecule has 1 aromatic carbocycles. The monoisotopic (exact) mass is 364 g/mol. The number of carbonyl (C=O) groups excluding carboxylic acids is 1. The highest BCUT2D eigenvalue weighted by Gasteiger charge is 2.37. The average molecular weight is 365 g/mol. The van der Waals surface area contributed by atoms with E-state index in [2.05, 4.69) is 36.1 Å². The van der Waals surface area contributed by atoms with E-state index in [1.807, 2.05) is 6.07 Å². The van der Waals surface area contributed by atoms with Crippen LogP contribution in [0.3, 0.4) is 0 Å². The summed E-state index contributed by atoms with van der Waals surface area (Å²) in [5.74, 6) is 2.14. The molecule has 0 radical (unpaired) electrons. The lowest BCUT2D eigenvalue weighted by Crippen LogP contribution is -2.35. The summed E-state index contributed by atoms with van der Waals surface area (Å²) < 4.78 is 0. The van der Waals surface area contributed by atoms with Crippen LogP contribution in [0.1, 0.15) is 56.9 Å². The van der Waals surface area contributed by atoms with E-state index in [9.17, 15) is 4.79 Å². The van der Waals surface area contributed by atoms with Crippen molar-refractivity contribution in [3.8, 4) is 0 Å². The van der Waals surface area contributed by atoms with Gasteiger partial charge in [0.25, 0.3) is 0 Å². The maximum atomic E-state index is 13.1. The molecule has 0 bridgehead atoms.